The van der Waals surface area contributed by atoms with Crippen LogP contribution < -0.4 is 10.7 Å². The number of allylic oxidation sites excluding steroid dienone is 4. The van der Waals surface area contributed by atoms with Crippen molar-refractivity contribution in [2.45, 2.75) is 70.2 Å². The first-order valence-electron chi connectivity index (χ1n) is 13.3. The highest BCUT2D eigenvalue weighted by atomic mass is 31.1. The van der Waals surface area contributed by atoms with Crippen LogP contribution >= 0.6 is 8.58 Å². The van der Waals surface area contributed by atoms with Crippen LogP contribution in [0.25, 0.3) is 0 Å². The van der Waals surface area contributed by atoms with Crippen molar-refractivity contribution in [1.29, 1.82) is 0 Å². The van der Waals surface area contributed by atoms with E-state index in [1.165, 1.54) is 10.9 Å². The van der Waals surface area contributed by atoms with Gasteiger partial charge in [-0.15, -0.1) is 0 Å². The Labute approximate surface area is 215 Å². The molecule has 4 aliphatic rings. The number of carbonyl (C=O) groups is 1. The number of hydrogen-bond donors (Lipinski definition) is 4. The van der Waals surface area contributed by atoms with Gasteiger partial charge in [-0.3, -0.25) is 10.2 Å². The van der Waals surface area contributed by atoms with Crippen molar-refractivity contribution in [3.05, 3.63) is 48.1 Å². The average molecular weight is 511 g/mol. The van der Waals surface area contributed by atoms with Gasteiger partial charge in [-0.25, -0.2) is 0 Å². The van der Waals surface area contributed by atoms with Gasteiger partial charge in [0.1, 0.15) is 6.61 Å². The Balaban J connectivity index is 1.33. The third-order valence-corrected chi connectivity index (χ3v) is 10.4. The average Bonchev–Trinajstić information content (AvgIpc) is 3.19. The summed E-state index contributed by atoms with van der Waals surface area (Å²) in [7, 11) is 0.805. The van der Waals surface area contributed by atoms with Crippen LogP contribution in [0.2, 0.25) is 0 Å². The zero-order valence-electron chi connectivity index (χ0n) is 21.4. The van der Waals surface area contributed by atoms with Crippen molar-refractivity contribution in [2.75, 3.05) is 12.0 Å². The number of nitrogens with zero attached hydrogens (tertiary/aromatic N) is 1. The second kappa shape index (κ2) is 9.79. The number of anilines is 1. The number of Topliss-reactive ketones (excluding diaryl/α,β-unsaturated/α-hetero) is 1. The van der Waals surface area contributed by atoms with E-state index in [0.717, 1.165) is 39.2 Å². The number of aliphatic hydroxyl groups is 3. The first-order chi connectivity index (χ1) is 17.2. The van der Waals surface area contributed by atoms with Gasteiger partial charge in [0, 0.05) is 23.7 Å². The van der Waals surface area contributed by atoms with Crippen LogP contribution in [-0.4, -0.2) is 50.8 Å². The summed E-state index contributed by atoms with van der Waals surface area (Å²) in [6, 6.07) is 8.45. The predicted octanol–water partition coefficient (Wildman–Crippen LogP) is 3.78. The van der Waals surface area contributed by atoms with E-state index in [1.807, 2.05) is 6.08 Å². The molecule has 1 aromatic rings. The van der Waals surface area contributed by atoms with E-state index < -0.39 is 24.2 Å². The minimum atomic E-state index is -1.21. The summed E-state index contributed by atoms with van der Waals surface area (Å²) in [4.78, 5) is 12.4. The second-order valence-corrected chi connectivity index (χ2v) is 13.7. The molecule has 0 spiro atoms. The van der Waals surface area contributed by atoms with Crippen molar-refractivity contribution in [2.24, 2.45) is 34.2 Å². The van der Waals surface area contributed by atoms with Crippen LogP contribution in [0.1, 0.15) is 52.9 Å². The third-order valence-electron chi connectivity index (χ3n) is 9.19. The number of hydrazone groups is 1. The molecule has 0 saturated heterocycles. The van der Waals surface area contributed by atoms with Crippen molar-refractivity contribution in [1.82, 2.24) is 0 Å². The molecule has 5 rings (SSSR count). The number of fused-ring (bicyclic) bond motifs is 5. The summed E-state index contributed by atoms with van der Waals surface area (Å²) >= 11 is 0. The van der Waals surface area contributed by atoms with Gasteiger partial charge in [0.2, 0.25) is 0 Å². The molecule has 4 aliphatic carbocycles. The van der Waals surface area contributed by atoms with E-state index in [2.05, 4.69) is 67.7 Å². The fourth-order valence-corrected chi connectivity index (χ4v) is 8.69. The van der Waals surface area contributed by atoms with E-state index in [1.54, 1.807) is 0 Å². The lowest BCUT2D eigenvalue weighted by Gasteiger charge is -2.58. The minimum Gasteiger partial charge on any atom is -0.393 e. The summed E-state index contributed by atoms with van der Waals surface area (Å²) in [6.07, 6.45) is 8.98. The molecular formula is C29H39N2O4P. The Bertz CT molecular complexity index is 1100. The molecule has 0 aromatic heterocycles. The van der Waals surface area contributed by atoms with E-state index >= 15 is 0 Å². The number of rotatable bonds is 6. The zero-order valence-corrected chi connectivity index (χ0v) is 22.4. The summed E-state index contributed by atoms with van der Waals surface area (Å²) in [6.45, 7) is 6.12. The van der Waals surface area contributed by atoms with Gasteiger partial charge in [0.25, 0.3) is 0 Å². The van der Waals surface area contributed by atoms with Crippen molar-refractivity contribution >= 4 is 31.1 Å². The van der Waals surface area contributed by atoms with Gasteiger partial charge in [0.05, 0.1) is 23.1 Å². The maximum Gasteiger partial charge on any atom is 0.164 e. The van der Waals surface area contributed by atoms with Gasteiger partial charge >= 0.3 is 0 Å². The normalized spacial score (nSPS) is 38.7. The molecule has 6 nitrogen and oxygen atoms in total. The zero-order chi connectivity index (χ0) is 25.7. The number of nitrogens with one attached hydrogen (secondary N) is 1. The highest BCUT2D eigenvalue weighted by molar-refractivity contribution is 7.47. The van der Waals surface area contributed by atoms with Crippen LogP contribution in [0.5, 0.6) is 0 Å². The van der Waals surface area contributed by atoms with Gasteiger partial charge in [-0.05, 0) is 72.8 Å². The monoisotopic (exact) mass is 510 g/mol. The van der Waals surface area contributed by atoms with Crippen LogP contribution in [0.3, 0.4) is 0 Å². The Kier molecular flexibility index (Phi) is 7.01. The Morgan fingerprint density at radius 1 is 1.22 bits per heavy atom. The molecule has 0 aliphatic heterocycles. The standard InChI is InChI=1S/C29H39N2O4P/c1-17(2)36-21-7-5-19(6-8-21)30-31-20-12-13-28(3)18(14-20)4-9-22-23-10-11-24(26(34)16-32)29(23,35)15-25(33)27(22)28/h5-8,12-14,17,22-25,27,30,32-33,35-36H,4,9-11,15-16H2,1-3H3/b31-20+. The number of benzene rings is 1. The largest absolute Gasteiger partial charge is 0.393 e. The first-order valence-corrected chi connectivity index (χ1v) is 14.4. The Morgan fingerprint density at radius 3 is 2.67 bits per heavy atom. The molecule has 36 heavy (non-hydrogen) atoms. The topological polar surface area (TPSA) is 102 Å². The van der Waals surface area contributed by atoms with E-state index in [9.17, 15) is 20.1 Å². The lowest BCUT2D eigenvalue weighted by atomic mass is 9.49. The molecular weight excluding hydrogens is 471 g/mol. The molecule has 8 unspecified atom stereocenters. The summed E-state index contributed by atoms with van der Waals surface area (Å²) in [5, 5.41) is 38.3. The van der Waals surface area contributed by atoms with Gasteiger partial charge < -0.3 is 15.3 Å². The fraction of sp³-hybridized carbons (Fsp3) is 0.586. The maximum absolute atomic E-state index is 12.4. The first kappa shape index (κ1) is 25.8. The summed E-state index contributed by atoms with van der Waals surface area (Å²) in [5.41, 5.74) is 5.42. The molecule has 0 amide bonds. The third kappa shape index (κ3) is 4.41. The van der Waals surface area contributed by atoms with Gasteiger partial charge in [-0.1, -0.05) is 53.1 Å². The van der Waals surface area contributed by atoms with Gasteiger partial charge in [-0.2, -0.15) is 5.10 Å². The van der Waals surface area contributed by atoms with Crippen molar-refractivity contribution in [3.8, 4) is 0 Å². The van der Waals surface area contributed by atoms with Gasteiger partial charge in [0.15, 0.2) is 5.78 Å². The molecule has 0 radical (unpaired) electrons. The molecule has 3 saturated carbocycles. The van der Waals surface area contributed by atoms with Crippen LogP contribution in [-0.2, 0) is 4.79 Å². The molecule has 4 N–H and O–H groups in total. The predicted molar refractivity (Wildman–Crippen MR) is 146 cm³/mol. The lowest BCUT2D eigenvalue weighted by molar-refractivity contribution is -0.173. The summed E-state index contributed by atoms with van der Waals surface area (Å²) in [5.74, 6) is -0.752. The van der Waals surface area contributed by atoms with Crippen LogP contribution in [0.4, 0.5) is 5.69 Å². The number of aliphatic hydroxyl groups excluding tert-OH is 2. The molecule has 194 valence electrons. The summed E-state index contributed by atoms with van der Waals surface area (Å²) < 4.78 is 0. The smallest absolute Gasteiger partial charge is 0.164 e. The molecule has 7 heteroatoms. The molecule has 1 aromatic carbocycles. The lowest BCUT2D eigenvalue weighted by Crippen LogP contribution is -2.60. The Morgan fingerprint density at radius 2 is 1.97 bits per heavy atom. The van der Waals surface area contributed by atoms with Crippen LogP contribution in [0.15, 0.2) is 53.2 Å². The Hall–Kier alpha value is -1.85. The quantitative estimate of drug-likeness (QED) is 0.345. The number of hydrogen-bond acceptors (Lipinski definition) is 6. The number of carbonyl (C=O) groups excluding carboxylic acids is 1. The highest BCUT2D eigenvalue weighted by Crippen LogP contribution is 2.63. The van der Waals surface area contributed by atoms with E-state index in [4.69, 9.17) is 0 Å². The maximum atomic E-state index is 12.4. The molecule has 3 fully saturated rings. The minimum absolute atomic E-state index is 0.00847. The molecule has 8 atom stereocenters. The SMILES string of the molecule is CC(C)Pc1ccc(N/N=C2\C=CC3(C)C(=C2)CCC2C3C(O)CC3(O)C(C(=O)CO)CCC23)cc1. The van der Waals surface area contributed by atoms with E-state index in [-0.39, 0.29) is 35.4 Å². The van der Waals surface area contributed by atoms with Crippen LogP contribution in [0, 0.1) is 29.1 Å². The van der Waals surface area contributed by atoms with Crippen molar-refractivity contribution < 1.29 is 20.1 Å². The number of ketones is 1. The highest BCUT2D eigenvalue weighted by Gasteiger charge is 2.63. The fourth-order valence-electron chi connectivity index (χ4n) is 7.67. The molecule has 0 bridgehead atoms. The van der Waals surface area contributed by atoms with E-state index in [0.29, 0.717) is 12.1 Å². The van der Waals surface area contributed by atoms with Crippen molar-refractivity contribution in [3.63, 3.8) is 0 Å². The second-order valence-electron chi connectivity index (χ2n) is 11.7. The molecule has 0 heterocycles.